The molecular weight excluding hydrogens is 259 g/mol. The van der Waals surface area contributed by atoms with Gasteiger partial charge in [-0.1, -0.05) is 6.07 Å². The second-order valence-electron chi connectivity index (χ2n) is 3.84. The van der Waals surface area contributed by atoms with Crippen molar-refractivity contribution in [3.63, 3.8) is 0 Å². The van der Waals surface area contributed by atoms with Crippen molar-refractivity contribution in [1.82, 2.24) is 5.32 Å². The summed E-state index contributed by atoms with van der Waals surface area (Å²) in [7, 11) is 0. The van der Waals surface area contributed by atoms with Crippen molar-refractivity contribution in [1.29, 1.82) is 0 Å². The van der Waals surface area contributed by atoms with Gasteiger partial charge < -0.3 is 10.4 Å². The molecule has 0 unspecified atom stereocenters. The second-order valence-corrected chi connectivity index (χ2v) is 3.84. The van der Waals surface area contributed by atoms with Gasteiger partial charge in [-0.25, -0.2) is 4.79 Å². The van der Waals surface area contributed by atoms with Crippen molar-refractivity contribution < 1.29 is 24.0 Å². The second kappa shape index (κ2) is 5.89. The molecule has 1 atom stereocenters. The Morgan fingerprint density at radius 3 is 2.63 bits per heavy atom. The zero-order valence-corrected chi connectivity index (χ0v) is 9.92. The van der Waals surface area contributed by atoms with E-state index in [2.05, 4.69) is 5.32 Å². The Morgan fingerprint density at radius 2 is 2.16 bits per heavy atom. The minimum atomic E-state index is -1.28. The van der Waals surface area contributed by atoms with E-state index >= 15 is 0 Å². The summed E-state index contributed by atoms with van der Waals surface area (Å²) in [5, 5.41) is 21.6. The molecule has 0 fully saturated rings. The lowest BCUT2D eigenvalue weighted by Gasteiger charge is -2.13. The summed E-state index contributed by atoms with van der Waals surface area (Å²) < 4.78 is 13.1. The molecule has 0 aliphatic heterocycles. The van der Waals surface area contributed by atoms with E-state index in [-0.39, 0.29) is 12.0 Å². The van der Waals surface area contributed by atoms with E-state index < -0.39 is 34.3 Å². The molecule has 0 saturated carbocycles. The summed E-state index contributed by atoms with van der Waals surface area (Å²) in [4.78, 5) is 31.4. The summed E-state index contributed by atoms with van der Waals surface area (Å²) in [5.74, 6) is -2.81. The van der Waals surface area contributed by atoms with E-state index in [1.807, 2.05) is 0 Å². The smallest absolute Gasteiger partial charge is 0.326 e. The number of carbonyl (C=O) groups excluding carboxylic acids is 1. The van der Waals surface area contributed by atoms with E-state index in [1.165, 1.54) is 6.07 Å². The zero-order chi connectivity index (χ0) is 14.6. The first kappa shape index (κ1) is 14.6. The van der Waals surface area contributed by atoms with E-state index in [4.69, 9.17) is 5.11 Å². The molecule has 1 amide bonds. The average Bonchev–Trinajstić information content (AvgIpc) is 2.29. The van der Waals surface area contributed by atoms with Crippen molar-refractivity contribution in [3.05, 3.63) is 39.7 Å². The monoisotopic (exact) mass is 270 g/mol. The molecule has 1 aromatic carbocycles. The molecule has 0 radical (unpaired) electrons. The van der Waals surface area contributed by atoms with Gasteiger partial charge >= 0.3 is 11.7 Å². The number of carboxylic acid groups (broad SMARTS) is 1. The van der Waals surface area contributed by atoms with Gasteiger partial charge in [-0.3, -0.25) is 14.9 Å². The fourth-order valence-corrected chi connectivity index (χ4v) is 1.51. The van der Waals surface area contributed by atoms with Crippen molar-refractivity contribution in [2.75, 3.05) is 0 Å². The molecule has 8 heteroatoms. The SMILES string of the molecule is CC(=O)N[C@@H](Cc1ccc(F)c([N+](=O)[O-])c1)C(=O)O. The third-order valence-corrected chi connectivity index (χ3v) is 2.32. The number of hydrogen-bond acceptors (Lipinski definition) is 4. The van der Waals surface area contributed by atoms with Crippen LogP contribution in [0.3, 0.4) is 0 Å². The minimum absolute atomic E-state index is 0.171. The lowest BCUT2D eigenvalue weighted by atomic mass is 10.1. The van der Waals surface area contributed by atoms with Crippen molar-refractivity contribution in [2.24, 2.45) is 0 Å². The fraction of sp³-hybridized carbons (Fsp3) is 0.273. The number of hydrogen-bond donors (Lipinski definition) is 2. The van der Waals surface area contributed by atoms with Crippen LogP contribution < -0.4 is 5.32 Å². The minimum Gasteiger partial charge on any atom is -0.480 e. The van der Waals surface area contributed by atoms with E-state index in [1.54, 1.807) is 0 Å². The molecule has 0 aromatic heterocycles. The predicted molar refractivity (Wildman–Crippen MR) is 62.0 cm³/mol. The van der Waals surface area contributed by atoms with Crippen molar-refractivity contribution in [3.8, 4) is 0 Å². The fourth-order valence-electron chi connectivity index (χ4n) is 1.51. The highest BCUT2D eigenvalue weighted by molar-refractivity contribution is 5.82. The quantitative estimate of drug-likeness (QED) is 0.609. The number of nitro groups is 1. The number of benzene rings is 1. The molecule has 0 aliphatic rings. The number of nitro benzene ring substituents is 1. The molecule has 102 valence electrons. The van der Waals surface area contributed by atoms with E-state index in [0.29, 0.717) is 0 Å². The Morgan fingerprint density at radius 1 is 1.53 bits per heavy atom. The number of nitrogens with one attached hydrogen (secondary N) is 1. The van der Waals surface area contributed by atoms with E-state index in [9.17, 15) is 24.1 Å². The van der Waals surface area contributed by atoms with Crippen LogP contribution in [-0.4, -0.2) is 27.9 Å². The molecular formula is C11H11FN2O5. The largest absolute Gasteiger partial charge is 0.480 e. The number of halogens is 1. The topological polar surface area (TPSA) is 110 Å². The molecule has 1 rings (SSSR count). The van der Waals surface area contributed by atoms with Gasteiger partial charge in [0, 0.05) is 19.4 Å². The highest BCUT2D eigenvalue weighted by atomic mass is 19.1. The number of nitrogens with zero attached hydrogens (tertiary/aromatic N) is 1. The van der Waals surface area contributed by atoms with Crippen LogP contribution in [0.5, 0.6) is 0 Å². The first-order chi connectivity index (χ1) is 8.81. The number of carboxylic acids is 1. The van der Waals surface area contributed by atoms with Gasteiger partial charge in [0.25, 0.3) is 0 Å². The van der Waals surface area contributed by atoms with E-state index in [0.717, 1.165) is 19.1 Å². The summed E-state index contributed by atoms with van der Waals surface area (Å²) in [5.41, 5.74) is -0.487. The van der Waals surface area contributed by atoms with Crippen LogP contribution in [0, 0.1) is 15.9 Å². The van der Waals surface area contributed by atoms with Crippen LogP contribution in [0.15, 0.2) is 18.2 Å². The molecule has 0 aliphatic carbocycles. The van der Waals surface area contributed by atoms with Crippen LogP contribution in [0.1, 0.15) is 12.5 Å². The maximum Gasteiger partial charge on any atom is 0.326 e. The third-order valence-electron chi connectivity index (χ3n) is 2.32. The average molecular weight is 270 g/mol. The van der Waals surface area contributed by atoms with Crippen molar-refractivity contribution in [2.45, 2.75) is 19.4 Å². The van der Waals surface area contributed by atoms with Crippen LogP contribution in [0.4, 0.5) is 10.1 Å². The van der Waals surface area contributed by atoms with Gasteiger partial charge in [0.2, 0.25) is 11.7 Å². The molecule has 19 heavy (non-hydrogen) atoms. The summed E-state index contributed by atoms with van der Waals surface area (Å²) in [6.45, 7) is 1.16. The Balaban J connectivity index is 2.97. The molecule has 0 spiro atoms. The standard InChI is InChI=1S/C11H11FN2O5/c1-6(15)13-9(11(16)17)4-7-2-3-8(12)10(5-7)14(18)19/h2-3,5,9H,4H2,1H3,(H,13,15)(H,16,17)/t9-/m0/s1. The van der Waals surface area contributed by atoms with Gasteiger partial charge in [-0.05, 0) is 11.6 Å². The molecule has 0 heterocycles. The normalized spacial score (nSPS) is 11.7. The lowest BCUT2D eigenvalue weighted by Crippen LogP contribution is -2.41. The summed E-state index contributed by atoms with van der Waals surface area (Å²) in [6, 6.07) is 1.86. The maximum absolute atomic E-state index is 13.1. The Hall–Kier alpha value is -2.51. The van der Waals surface area contributed by atoms with Gasteiger partial charge in [0.05, 0.1) is 4.92 Å². The van der Waals surface area contributed by atoms with Crippen molar-refractivity contribution >= 4 is 17.6 Å². The van der Waals surface area contributed by atoms with Crippen LogP contribution in [-0.2, 0) is 16.0 Å². The Labute approximate surface area is 107 Å². The van der Waals surface area contributed by atoms with Gasteiger partial charge in [-0.2, -0.15) is 4.39 Å². The Bertz CT molecular complexity index is 532. The molecule has 7 nitrogen and oxygen atoms in total. The molecule has 0 saturated heterocycles. The highest BCUT2D eigenvalue weighted by Gasteiger charge is 2.21. The van der Waals surface area contributed by atoms with Crippen LogP contribution in [0.2, 0.25) is 0 Å². The third kappa shape index (κ3) is 4.02. The van der Waals surface area contributed by atoms with Crippen LogP contribution in [0.25, 0.3) is 0 Å². The molecule has 2 N–H and O–H groups in total. The molecule has 1 aromatic rings. The number of aliphatic carboxylic acids is 1. The lowest BCUT2D eigenvalue weighted by molar-refractivity contribution is -0.387. The first-order valence-electron chi connectivity index (χ1n) is 5.24. The zero-order valence-electron chi connectivity index (χ0n) is 9.92. The van der Waals surface area contributed by atoms with Crippen LogP contribution >= 0.6 is 0 Å². The van der Waals surface area contributed by atoms with Gasteiger partial charge in [-0.15, -0.1) is 0 Å². The highest BCUT2D eigenvalue weighted by Crippen LogP contribution is 2.19. The summed E-state index contributed by atoms with van der Waals surface area (Å²) in [6.07, 6.45) is -0.171. The number of amides is 1. The Kier molecular flexibility index (Phi) is 4.51. The maximum atomic E-state index is 13.1. The number of carbonyl (C=O) groups is 2. The van der Waals surface area contributed by atoms with Gasteiger partial charge in [0.15, 0.2) is 0 Å². The number of rotatable bonds is 5. The summed E-state index contributed by atoms with van der Waals surface area (Å²) >= 11 is 0. The molecule has 0 bridgehead atoms. The van der Waals surface area contributed by atoms with Gasteiger partial charge in [0.1, 0.15) is 6.04 Å². The predicted octanol–water partition coefficient (Wildman–Crippen LogP) is 0.866. The first-order valence-corrected chi connectivity index (χ1v) is 5.24.